The summed E-state index contributed by atoms with van der Waals surface area (Å²) in [5.41, 5.74) is 1.87. The third kappa shape index (κ3) is 5.04. The number of fused-ring (bicyclic) bond motifs is 1. The highest BCUT2D eigenvalue weighted by atomic mass is 32.2. The topological polar surface area (TPSA) is 75.7 Å². The van der Waals surface area contributed by atoms with E-state index in [1.54, 1.807) is 18.2 Å². The van der Waals surface area contributed by atoms with Crippen molar-refractivity contribution < 1.29 is 17.9 Å². The number of carbonyl (C=O) groups is 1. The van der Waals surface area contributed by atoms with Crippen LogP contribution in [0, 0.1) is 12.8 Å². The van der Waals surface area contributed by atoms with Gasteiger partial charge in [-0.15, -0.1) is 0 Å². The molecule has 0 spiro atoms. The molecule has 3 aromatic rings. The number of ether oxygens (including phenoxy) is 1. The van der Waals surface area contributed by atoms with E-state index < -0.39 is 10.0 Å². The van der Waals surface area contributed by atoms with Gasteiger partial charge in [0.2, 0.25) is 15.9 Å². The highest BCUT2D eigenvalue weighted by Crippen LogP contribution is 2.27. The number of nitrogens with zero attached hydrogens (tertiary/aromatic N) is 1. The zero-order chi connectivity index (χ0) is 23.4. The molecule has 6 nitrogen and oxygen atoms in total. The van der Waals surface area contributed by atoms with Crippen molar-refractivity contribution in [3.63, 3.8) is 0 Å². The number of piperidine rings is 1. The Hall–Kier alpha value is -2.90. The van der Waals surface area contributed by atoms with E-state index in [1.807, 2.05) is 38.1 Å². The molecule has 0 aliphatic carbocycles. The number of nitrogens with one attached hydrogen (secondary N) is 1. The molecule has 0 atom stereocenters. The highest BCUT2D eigenvalue weighted by Gasteiger charge is 2.32. The van der Waals surface area contributed by atoms with Crippen LogP contribution in [0.25, 0.3) is 10.8 Å². The molecule has 0 unspecified atom stereocenters. The van der Waals surface area contributed by atoms with Crippen LogP contribution in [0.3, 0.4) is 0 Å². The standard InChI is InChI=1S/C26H30N2O4S/c1-3-32-25-12-11-23(17-19(25)2)33(30,31)28-15-13-21(14-16-28)26(29)27-18-22-9-6-8-20-7-4-5-10-24(20)22/h4-12,17,21H,3,13-16,18H2,1-2H3,(H,27,29). The van der Waals surface area contributed by atoms with Gasteiger partial charge in [0.15, 0.2) is 0 Å². The van der Waals surface area contributed by atoms with E-state index in [0.29, 0.717) is 44.8 Å². The molecule has 3 aromatic carbocycles. The molecule has 1 aliphatic heterocycles. The molecule has 7 heteroatoms. The quantitative estimate of drug-likeness (QED) is 0.564. The van der Waals surface area contributed by atoms with Crippen molar-refractivity contribution in [1.82, 2.24) is 9.62 Å². The van der Waals surface area contributed by atoms with Crippen molar-refractivity contribution >= 4 is 26.7 Å². The summed E-state index contributed by atoms with van der Waals surface area (Å²) in [4.78, 5) is 13.1. The summed E-state index contributed by atoms with van der Waals surface area (Å²) >= 11 is 0. The van der Waals surface area contributed by atoms with Crippen LogP contribution in [-0.2, 0) is 21.4 Å². The lowest BCUT2D eigenvalue weighted by atomic mass is 9.97. The molecule has 1 aliphatic rings. The zero-order valence-electron chi connectivity index (χ0n) is 19.1. The summed E-state index contributed by atoms with van der Waals surface area (Å²) in [6, 6.07) is 19.1. The number of aryl methyl sites for hydroxylation is 1. The van der Waals surface area contributed by atoms with Gasteiger partial charge in [0.25, 0.3) is 0 Å². The Morgan fingerprint density at radius 3 is 2.52 bits per heavy atom. The van der Waals surface area contributed by atoms with Gasteiger partial charge in [-0.1, -0.05) is 42.5 Å². The molecule has 0 bridgehead atoms. The largest absolute Gasteiger partial charge is 0.494 e. The van der Waals surface area contributed by atoms with Gasteiger partial charge in [-0.2, -0.15) is 4.31 Å². The molecular weight excluding hydrogens is 436 g/mol. The molecule has 0 saturated carbocycles. The van der Waals surface area contributed by atoms with Crippen molar-refractivity contribution in [2.45, 2.75) is 38.1 Å². The van der Waals surface area contributed by atoms with E-state index in [4.69, 9.17) is 4.74 Å². The van der Waals surface area contributed by atoms with Gasteiger partial charge in [0.05, 0.1) is 11.5 Å². The smallest absolute Gasteiger partial charge is 0.243 e. The lowest BCUT2D eigenvalue weighted by Gasteiger charge is -2.30. The molecule has 1 heterocycles. The number of carbonyl (C=O) groups excluding carboxylic acids is 1. The van der Waals surface area contributed by atoms with Crippen LogP contribution in [0.1, 0.15) is 30.9 Å². The van der Waals surface area contributed by atoms with Crippen molar-refractivity contribution in [1.29, 1.82) is 0 Å². The lowest BCUT2D eigenvalue weighted by Crippen LogP contribution is -2.42. The third-order valence-corrected chi connectivity index (χ3v) is 8.14. The molecule has 1 N–H and O–H groups in total. The maximum atomic E-state index is 13.1. The Labute approximate surface area is 195 Å². The predicted octanol–water partition coefficient (Wildman–Crippen LogP) is 4.26. The molecular formula is C26H30N2O4S. The summed E-state index contributed by atoms with van der Waals surface area (Å²) < 4.78 is 33.2. The van der Waals surface area contributed by atoms with E-state index in [9.17, 15) is 13.2 Å². The van der Waals surface area contributed by atoms with Gasteiger partial charge >= 0.3 is 0 Å². The fourth-order valence-corrected chi connectivity index (χ4v) is 5.94. The Kier molecular flexibility index (Phi) is 7.00. The highest BCUT2D eigenvalue weighted by molar-refractivity contribution is 7.89. The number of amides is 1. The number of rotatable bonds is 7. The fourth-order valence-electron chi connectivity index (χ4n) is 4.38. The fraction of sp³-hybridized carbons (Fsp3) is 0.346. The van der Waals surface area contributed by atoms with E-state index in [2.05, 4.69) is 23.5 Å². The summed E-state index contributed by atoms with van der Waals surface area (Å²) in [7, 11) is -3.60. The normalized spacial score (nSPS) is 15.5. The summed E-state index contributed by atoms with van der Waals surface area (Å²) in [6.45, 7) is 5.40. The van der Waals surface area contributed by atoms with Crippen molar-refractivity contribution in [2.24, 2.45) is 5.92 Å². The molecule has 4 rings (SSSR count). The second-order valence-corrected chi connectivity index (χ2v) is 10.3. The van der Waals surface area contributed by atoms with Crippen LogP contribution < -0.4 is 10.1 Å². The van der Waals surface area contributed by atoms with E-state index in [1.165, 1.54) is 4.31 Å². The van der Waals surface area contributed by atoms with Crippen LogP contribution in [0.5, 0.6) is 5.75 Å². The minimum atomic E-state index is -3.60. The number of benzene rings is 3. The van der Waals surface area contributed by atoms with E-state index >= 15 is 0 Å². The van der Waals surface area contributed by atoms with Gasteiger partial charge < -0.3 is 10.1 Å². The zero-order valence-corrected chi connectivity index (χ0v) is 19.9. The molecule has 0 radical (unpaired) electrons. The number of hydrogen-bond donors (Lipinski definition) is 1. The Morgan fingerprint density at radius 1 is 1.06 bits per heavy atom. The van der Waals surface area contributed by atoms with Crippen molar-refractivity contribution in [3.05, 3.63) is 71.8 Å². The maximum absolute atomic E-state index is 13.1. The Bertz CT molecular complexity index is 1240. The van der Waals surface area contributed by atoms with Crippen molar-refractivity contribution in [3.8, 4) is 5.75 Å². The van der Waals surface area contributed by atoms with Crippen LogP contribution >= 0.6 is 0 Å². The Morgan fingerprint density at radius 2 is 1.79 bits per heavy atom. The summed E-state index contributed by atoms with van der Waals surface area (Å²) in [6.07, 6.45) is 1.02. The number of hydrogen-bond acceptors (Lipinski definition) is 4. The van der Waals surface area contributed by atoms with Gasteiger partial charge in [-0.25, -0.2) is 8.42 Å². The second kappa shape index (κ2) is 9.93. The van der Waals surface area contributed by atoms with Crippen LogP contribution in [0.4, 0.5) is 0 Å². The summed E-state index contributed by atoms with van der Waals surface area (Å²) in [5, 5.41) is 5.33. The van der Waals surface area contributed by atoms with E-state index in [-0.39, 0.29) is 16.7 Å². The molecule has 1 amide bonds. The third-order valence-electron chi connectivity index (χ3n) is 6.24. The molecule has 1 fully saturated rings. The van der Waals surface area contributed by atoms with Crippen LogP contribution in [-0.4, -0.2) is 38.3 Å². The SMILES string of the molecule is CCOc1ccc(S(=O)(=O)N2CCC(C(=O)NCc3cccc4ccccc34)CC2)cc1C. The lowest BCUT2D eigenvalue weighted by molar-refractivity contribution is -0.126. The minimum Gasteiger partial charge on any atom is -0.494 e. The maximum Gasteiger partial charge on any atom is 0.243 e. The number of sulfonamides is 1. The molecule has 1 saturated heterocycles. The van der Waals surface area contributed by atoms with Gasteiger partial charge in [0.1, 0.15) is 5.75 Å². The second-order valence-electron chi connectivity index (χ2n) is 8.39. The van der Waals surface area contributed by atoms with Gasteiger partial charge in [-0.05, 0) is 66.8 Å². The van der Waals surface area contributed by atoms with E-state index in [0.717, 1.165) is 21.9 Å². The average Bonchev–Trinajstić information content (AvgIpc) is 2.84. The first-order chi connectivity index (χ1) is 15.9. The minimum absolute atomic E-state index is 0.0168. The first-order valence-electron chi connectivity index (χ1n) is 11.4. The van der Waals surface area contributed by atoms with Crippen molar-refractivity contribution in [2.75, 3.05) is 19.7 Å². The van der Waals surface area contributed by atoms with Gasteiger partial charge in [-0.3, -0.25) is 4.79 Å². The van der Waals surface area contributed by atoms with Crippen LogP contribution in [0.15, 0.2) is 65.6 Å². The Balaban J connectivity index is 1.36. The van der Waals surface area contributed by atoms with Gasteiger partial charge in [0, 0.05) is 25.6 Å². The first-order valence-corrected chi connectivity index (χ1v) is 12.8. The molecule has 174 valence electrons. The molecule has 0 aromatic heterocycles. The molecule has 33 heavy (non-hydrogen) atoms. The monoisotopic (exact) mass is 466 g/mol. The van der Waals surface area contributed by atoms with Crippen LogP contribution in [0.2, 0.25) is 0 Å². The first kappa shape index (κ1) is 23.3. The summed E-state index contributed by atoms with van der Waals surface area (Å²) in [5.74, 6) is 0.489. The predicted molar refractivity (Wildman–Crippen MR) is 130 cm³/mol. The average molecular weight is 467 g/mol.